The Bertz CT molecular complexity index is 434. The van der Waals surface area contributed by atoms with E-state index in [4.69, 9.17) is 0 Å². The molecule has 3 heteroatoms. The van der Waals surface area contributed by atoms with E-state index in [-0.39, 0.29) is 11.9 Å². The maximum absolute atomic E-state index is 12.6. The van der Waals surface area contributed by atoms with Crippen molar-refractivity contribution in [3.63, 3.8) is 0 Å². The third-order valence-electron chi connectivity index (χ3n) is 3.34. The Morgan fingerprint density at radius 3 is 2.44 bits per heavy atom. The molecule has 3 nitrogen and oxygen atoms in total. The molecule has 1 aromatic rings. The van der Waals surface area contributed by atoms with Gasteiger partial charge in [0.05, 0.1) is 0 Å². The second-order valence-electron chi connectivity index (χ2n) is 5.48. The van der Waals surface area contributed by atoms with E-state index in [0.29, 0.717) is 6.04 Å². The highest BCUT2D eigenvalue weighted by Gasteiger charge is 2.34. The van der Waals surface area contributed by atoms with Crippen molar-refractivity contribution in [1.29, 1.82) is 0 Å². The van der Waals surface area contributed by atoms with E-state index in [1.54, 1.807) is 0 Å². The average Bonchev–Trinajstić information content (AvgIpc) is 3.13. The lowest BCUT2D eigenvalue weighted by Crippen LogP contribution is -2.38. The Balaban J connectivity index is 2.24. The molecule has 1 fully saturated rings. The predicted octanol–water partition coefficient (Wildman–Crippen LogP) is 2.77. The van der Waals surface area contributed by atoms with Crippen LogP contribution in [0.15, 0.2) is 24.3 Å². The van der Waals surface area contributed by atoms with E-state index < -0.39 is 0 Å². The van der Waals surface area contributed by atoms with Crippen LogP contribution in [0.2, 0.25) is 0 Å². The number of carbonyl (C=O) groups excluding carboxylic acids is 1. The van der Waals surface area contributed by atoms with Gasteiger partial charge in [-0.3, -0.25) is 4.79 Å². The Morgan fingerprint density at radius 1 is 1.28 bits per heavy atom. The van der Waals surface area contributed by atoms with Crippen molar-refractivity contribution in [2.24, 2.45) is 0 Å². The van der Waals surface area contributed by atoms with E-state index in [2.05, 4.69) is 13.8 Å². The second-order valence-corrected chi connectivity index (χ2v) is 5.48. The normalized spacial score (nSPS) is 14.7. The minimum atomic E-state index is 0.163. The van der Waals surface area contributed by atoms with E-state index in [0.717, 1.165) is 24.1 Å². The molecule has 0 aromatic heterocycles. The first kappa shape index (κ1) is 12.9. The minimum absolute atomic E-state index is 0.163. The molecule has 1 aliphatic rings. The molecular weight excluding hydrogens is 224 g/mol. The summed E-state index contributed by atoms with van der Waals surface area (Å²) in [5.74, 6) is 0.163. The third-order valence-corrected chi connectivity index (χ3v) is 3.34. The standard InChI is InChI=1S/C15H22N2O/c1-11(2)17(13-8-9-13)15(18)12-6-5-7-14(10-12)16(3)4/h5-7,10-11,13H,8-9H2,1-4H3. The Hall–Kier alpha value is -1.51. The molecule has 0 radical (unpaired) electrons. The quantitative estimate of drug-likeness (QED) is 0.815. The number of hydrogen-bond acceptors (Lipinski definition) is 2. The van der Waals surface area contributed by atoms with Crippen molar-refractivity contribution in [3.8, 4) is 0 Å². The Kier molecular flexibility index (Phi) is 3.60. The summed E-state index contributed by atoms with van der Waals surface area (Å²) in [4.78, 5) is 16.6. The Labute approximate surface area is 109 Å². The first-order valence-electron chi connectivity index (χ1n) is 6.60. The lowest BCUT2D eigenvalue weighted by molar-refractivity contribution is 0.0690. The highest BCUT2D eigenvalue weighted by Crippen LogP contribution is 2.30. The molecule has 98 valence electrons. The molecule has 1 saturated carbocycles. The van der Waals surface area contributed by atoms with Crippen LogP contribution in [0.4, 0.5) is 5.69 Å². The van der Waals surface area contributed by atoms with Crippen LogP contribution in [0.5, 0.6) is 0 Å². The van der Waals surface area contributed by atoms with Crippen molar-refractivity contribution in [2.75, 3.05) is 19.0 Å². The molecule has 2 rings (SSSR count). The van der Waals surface area contributed by atoms with Gasteiger partial charge < -0.3 is 9.80 Å². The lowest BCUT2D eigenvalue weighted by Gasteiger charge is -2.27. The maximum Gasteiger partial charge on any atom is 0.254 e. The summed E-state index contributed by atoms with van der Waals surface area (Å²) < 4.78 is 0. The van der Waals surface area contributed by atoms with Gasteiger partial charge in [0, 0.05) is 37.4 Å². The van der Waals surface area contributed by atoms with E-state index in [1.807, 2.05) is 48.2 Å². The first-order valence-corrected chi connectivity index (χ1v) is 6.60. The van der Waals surface area contributed by atoms with Crippen molar-refractivity contribution < 1.29 is 4.79 Å². The number of hydrogen-bond donors (Lipinski definition) is 0. The number of carbonyl (C=O) groups is 1. The summed E-state index contributed by atoms with van der Waals surface area (Å²) in [6.45, 7) is 4.18. The van der Waals surface area contributed by atoms with Crippen LogP contribution in [0.3, 0.4) is 0 Å². The largest absolute Gasteiger partial charge is 0.378 e. The number of rotatable bonds is 4. The fourth-order valence-electron chi connectivity index (χ4n) is 2.24. The van der Waals surface area contributed by atoms with Gasteiger partial charge in [-0.1, -0.05) is 6.07 Å². The molecule has 0 aliphatic heterocycles. The molecule has 0 spiro atoms. The van der Waals surface area contributed by atoms with Crippen molar-refractivity contribution in [1.82, 2.24) is 4.90 Å². The molecule has 0 bridgehead atoms. The van der Waals surface area contributed by atoms with Gasteiger partial charge >= 0.3 is 0 Å². The van der Waals surface area contributed by atoms with E-state index in [1.165, 1.54) is 0 Å². The topological polar surface area (TPSA) is 23.6 Å². The molecular formula is C15H22N2O. The van der Waals surface area contributed by atoms with Crippen molar-refractivity contribution in [2.45, 2.75) is 38.8 Å². The highest BCUT2D eigenvalue weighted by atomic mass is 16.2. The molecule has 0 N–H and O–H groups in total. The molecule has 0 unspecified atom stereocenters. The summed E-state index contributed by atoms with van der Waals surface area (Å²) >= 11 is 0. The predicted molar refractivity (Wildman–Crippen MR) is 75.1 cm³/mol. The van der Waals surface area contributed by atoms with E-state index in [9.17, 15) is 4.79 Å². The fourth-order valence-corrected chi connectivity index (χ4v) is 2.24. The van der Waals surface area contributed by atoms with Crippen LogP contribution in [0, 0.1) is 0 Å². The van der Waals surface area contributed by atoms with E-state index >= 15 is 0 Å². The van der Waals surface area contributed by atoms with Crippen LogP contribution in [0.1, 0.15) is 37.0 Å². The minimum Gasteiger partial charge on any atom is -0.378 e. The van der Waals surface area contributed by atoms with Crippen LogP contribution >= 0.6 is 0 Å². The molecule has 1 aromatic carbocycles. The Morgan fingerprint density at radius 2 is 1.94 bits per heavy atom. The third kappa shape index (κ3) is 2.66. The fraction of sp³-hybridized carbons (Fsp3) is 0.533. The van der Waals surface area contributed by atoms with Gasteiger partial charge in [-0.2, -0.15) is 0 Å². The smallest absolute Gasteiger partial charge is 0.254 e. The van der Waals surface area contributed by atoms with Gasteiger partial charge in [0.2, 0.25) is 0 Å². The molecule has 0 atom stereocenters. The monoisotopic (exact) mass is 246 g/mol. The van der Waals surface area contributed by atoms with Gasteiger partial charge in [0.25, 0.3) is 5.91 Å². The van der Waals surface area contributed by atoms with Gasteiger partial charge in [0.15, 0.2) is 0 Å². The average molecular weight is 246 g/mol. The van der Waals surface area contributed by atoms with Crippen LogP contribution in [0.25, 0.3) is 0 Å². The lowest BCUT2D eigenvalue weighted by atomic mass is 10.1. The number of nitrogens with zero attached hydrogens (tertiary/aromatic N) is 2. The van der Waals surface area contributed by atoms with Gasteiger partial charge in [-0.25, -0.2) is 0 Å². The van der Waals surface area contributed by atoms with Crippen LogP contribution < -0.4 is 4.90 Å². The zero-order valence-corrected chi connectivity index (χ0v) is 11.7. The van der Waals surface area contributed by atoms with Gasteiger partial charge in [-0.05, 0) is 44.9 Å². The zero-order valence-electron chi connectivity index (χ0n) is 11.7. The SMILES string of the molecule is CC(C)N(C(=O)c1cccc(N(C)C)c1)C1CC1. The molecule has 1 amide bonds. The first-order chi connectivity index (χ1) is 8.50. The molecule has 18 heavy (non-hydrogen) atoms. The van der Waals surface area contributed by atoms with Gasteiger partial charge in [0.1, 0.15) is 0 Å². The van der Waals surface area contributed by atoms with Crippen LogP contribution in [-0.2, 0) is 0 Å². The molecule has 0 heterocycles. The van der Waals surface area contributed by atoms with Crippen LogP contribution in [-0.4, -0.2) is 37.0 Å². The van der Waals surface area contributed by atoms with Crippen molar-refractivity contribution >= 4 is 11.6 Å². The molecule has 0 saturated heterocycles. The van der Waals surface area contributed by atoms with Gasteiger partial charge in [-0.15, -0.1) is 0 Å². The summed E-state index contributed by atoms with van der Waals surface area (Å²) in [5.41, 5.74) is 1.86. The summed E-state index contributed by atoms with van der Waals surface area (Å²) in [7, 11) is 3.98. The second kappa shape index (κ2) is 5.01. The maximum atomic E-state index is 12.6. The number of anilines is 1. The summed E-state index contributed by atoms with van der Waals surface area (Å²) in [5, 5.41) is 0. The number of amides is 1. The number of benzene rings is 1. The van der Waals surface area contributed by atoms with Crippen molar-refractivity contribution in [3.05, 3.63) is 29.8 Å². The summed E-state index contributed by atoms with van der Waals surface area (Å²) in [6, 6.07) is 8.59. The summed E-state index contributed by atoms with van der Waals surface area (Å²) in [6.07, 6.45) is 2.30. The molecule has 1 aliphatic carbocycles. The highest BCUT2D eigenvalue weighted by molar-refractivity contribution is 5.95. The zero-order chi connectivity index (χ0) is 13.3.